The summed E-state index contributed by atoms with van der Waals surface area (Å²) in [5.74, 6) is 0. The van der Waals surface area contributed by atoms with E-state index in [9.17, 15) is 5.11 Å². The van der Waals surface area contributed by atoms with Crippen LogP contribution in [0.3, 0.4) is 0 Å². The summed E-state index contributed by atoms with van der Waals surface area (Å²) in [4.78, 5) is 0. The third kappa shape index (κ3) is 8.66. The van der Waals surface area contributed by atoms with Gasteiger partial charge in [-0.2, -0.15) is 0 Å². The number of benzene rings is 1. The highest BCUT2D eigenvalue weighted by atomic mass is 16.7. The Labute approximate surface area is 160 Å². The van der Waals surface area contributed by atoms with E-state index in [2.05, 4.69) is 19.1 Å². The average molecular weight is 363 g/mol. The Bertz CT molecular complexity index is 448. The number of aliphatic hydroxyl groups excluding tert-OH is 1. The number of hydrogen-bond acceptors (Lipinski definition) is 3. The minimum Gasteiger partial charge on any atom is -0.390 e. The zero-order valence-electron chi connectivity index (χ0n) is 16.6. The van der Waals surface area contributed by atoms with E-state index in [-0.39, 0.29) is 18.5 Å². The zero-order valence-corrected chi connectivity index (χ0v) is 16.6. The van der Waals surface area contributed by atoms with Crippen molar-refractivity contribution >= 4 is 0 Å². The van der Waals surface area contributed by atoms with Crippen molar-refractivity contribution in [1.29, 1.82) is 0 Å². The molecule has 0 saturated carbocycles. The number of aliphatic hydroxyl groups is 1. The van der Waals surface area contributed by atoms with E-state index in [4.69, 9.17) is 9.47 Å². The summed E-state index contributed by atoms with van der Waals surface area (Å²) in [6.07, 6.45) is 13.6. The Morgan fingerprint density at radius 1 is 1.00 bits per heavy atom. The molecule has 0 aliphatic carbocycles. The highest BCUT2D eigenvalue weighted by Gasteiger charge is 2.28. The van der Waals surface area contributed by atoms with Crippen LogP contribution in [-0.2, 0) is 16.1 Å². The second-order valence-corrected chi connectivity index (χ2v) is 7.66. The topological polar surface area (TPSA) is 38.7 Å². The van der Waals surface area contributed by atoms with Gasteiger partial charge in [0.1, 0.15) is 0 Å². The first kappa shape index (κ1) is 21.4. The van der Waals surface area contributed by atoms with E-state index >= 15 is 0 Å². The smallest absolute Gasteiger partial charge is 0.158 e. The van der Waals surface area contributed by atoms with E-state index in [0.29, 0.717) is 6.61 Å². The van der Waals surface area contributed by atoms with Crippen LogP contribution in [0.5, 0.6) is 0 Å². The van der Waals surface area contributed by atoms with E-state index < -0.39 is 0 Å². The van der Waals surface area contributed by atoms with Gasteiger partial charge in [0.2, 0.25) is 0 Å². The number of rotatable bonds is 13. The fourth-order valence-electron chi connectivity index (χ4n) is 3.66. The molecule has 1 aliphatic heterocycles. The Hall–Kier alpha value is -0.900. The van der Waals surface area contributed by atoms with Crippen molar-refractivity contribution in [3.05, 3.63) is 35.9 Å². The average Bonchev–Trinajstić information content (AvgIpc) is 2.69. The van der Waals surface area contributed by atoms with Gasteiger partial charge in [-0.3, -0.25) is 0 Å². The van der Waals surface area contributed by atoms with E-state index in [1.165, 1.54) is 44.9 Å². The molecule has 0 aromatic heterocycles. The third-order valence-electron chi connectivity index (χ3n) is 5.32. The number of unbranched alkanes of at least 4 members (excludes halogenated alkanes) is 7. The minimum atomic E-state index is -0.349. The van der Waals surface area contributed by atoms with E-state index in [1.54, 1.807) is 0 Å². The van der Waals surface area contributed by atoms with Crippen LogP contribution in [0.1, 0.15) is 89.5 Å². The maximum atomic E-state index is 10.5. The fraction of sp³-hybridized carbons (Fsp3) is 0.739. The van der Waals surface area contributed by atoms with Crippen LogP contribution >= 0.6 is 0 Å². The molecule has 26 heavy (non-hydrogen) atoms. The molecule has 3 nitrogen and oxygen atoms in total. The molecule has 1 aliphatic rings. The lowest BCUT2D eigenvalue weighted by molar-refractivity contribution is -0.219. The first-order chi connectivity index (χ1) is 12.8. The molecule has 1 fully saturated rings. The molecule has 1 saturated heterocycles. The van der Waals surface area contributed by atoms with Crippen molar-refractivity contribution in [3.63, 3.8) is 0 Å². The van der Waals surface area contributed by atoms with Gasteiger partial charge >= 0.3 is 0 Å². The molecular weight excluding hydrogens is 324 g/mol. The molecule has 2 rings (SSSR count). The van der Waals surface area contributed by atoms with Crippen LogP contribution in [0.2, 0.25) is 0 Å². The third-order valence-corrected chi connectivity index (χ3v) is 5.32. The highest BCUT2D eigenvalue weighted by Crippen LogP contribution is 2.25. The second-order valence-electron chi connectivity index (χ2n) is 7.66. The standard InChI is InChI=1S/C23H38O3/c1-2-3-4-5-6-7-8-12-16-21(24)22-17-13-18-23(26-22)25-19-20-14-10-9-11-15-20/h9-11,14-15,21-24H,2-8,12-13,16-19H2,1H3/t21-,22+,23?/m1/s1. The molecule has 1 aromatic rings. The molecule has 0 spiro atoms. The van der Waals surface area contributed by atoms with Gasteiger partial charge in [-0.25, -0.2) is 0 Å². The number of ether oxygens (including phenoxy) is 2. The number of hydrogen-bond donors (Lipinski definition) is 1. The van der Waals surface area contributed by atoms with Crippen LogP contribution in [0.15, 0.2) is 30.3 Å². The molecule has 1 N–H and O–H groups in total. The second kappa shape index (κ2) is 13.3. The largest absolute Gasteiger partial charge is 0.390 e. The van der Waals surface area contributed by atoms with Crippen molar-refractivity contribution in [2.45, 2.75) is 109 Å². The van der Waals surface area contributed by atoms with Crippen molar-refractivity contribution in [1.82, 2.24) is 0 Å². The summed E-state index contributed by atoms with van der Waals surface area (Å²) in [6, 6.07) is 10.2. The Morgan fingerprint density at radius 3 is 2.42 bits per heavy atom. The molecule has 0 radical (unpaired) electrons. The highest BCUT2D eigenvalue weighted by molar-refractivity contribution is 5.13. The summed E-state index contributed by atoms with van der Waals surface area (Å²) in [5, 5.41) is 10.5. The van der Waals surface area contributed by atoms with Crippen LogP contribution in [-0.4, -0.2) is 23.6 Å². The Kier molecular flexibility index (Phi) is 10.9. The molecule has 1 aromatic carbocycles. The Morgan fingerprint density at radius 2 is 1.69 bits per heavy atom. The molecule has 3 heteroatoms. The van der Waals surface area contributed by atoms with Crippen LogP contribution in [0.25, 0.3) is 0 Å². The summed E-state index contributed by atoms with van der Waals surface area (Å²) < 4.78 is 11.9. The van der Waals surface area contributed by atoms with Crippen LogP contribution in [0.4, 0.5) is 0 Å². The quantitative estimate of drug-likeness (QED) is 0.438. The molecule has 1 unspecified atom stereocenters. The van der Waals surface area contributed by atoms with Gasteiger partial charge in [0, 0.05) is 0 Å². The van der Waals surface area contributed by atoms with Crippen LogP contribution < -0.4 is 0 Å². The predicted molar refractivity (Wildman–Crippen MR) is 107 cm³/mol. The SMILES string of the molecule is CCCCCCCCCC[C@@H](O)[C@@H]1CCCC(OCc2ccccc2)O1. The van der Waals surface area contributed by atoms with Gasteiger partial charge in [-0.05, 0) is 31.2 Å². The summed E-state index contributed by atoms with van der Waals surface area (Å²) in [7, 11) is 0. The zero-order chi connectivity index (χ0) is 18.5. The first-order valence-electron chi connectivity index (χ1n) is 10.8. The van der Waals surface area contributed by atoms with Crippen molar-refractivity contribution < 1.29 is 14.6 Å². The lowest BCUT2D eigenvalue weighted by Crippen LogP contribution is -2.37. The lowest BCUT2D eigenvalue weighted by atomic mass is 9.98. The van der Waals surface area contributed by atoms with Crippen molar-refractivity contribution in [2.75, 3.05) is 0 Å². The van der Waals surface area contributed by atoms with E-state index in [0.717, 1.165) is 37.7 Å². The van der Waals surface area contributed by atoms with Crippen LogP contribution in [0, 0.1) is 0 Å². The normalized spacial score (nSPS) is 21.6. The molecular formula is C23H38O3. The van der Waals surface area contributed by atoms with Gasteiger partial charge in [0.25, 0.3) is 0 Å². The van der Waals surface area contributed by atoms with Crippen molar-refractivity contribution in [2.24, 2.45) is 0 Å². The minimum absolute atomic E-state index is 0.0610. The van der Waals surface area contributed by atoms with Gasteiger partial charge in [-0.1, -0.05) is 88.6 Å². The summed E-state index contributed by atoms with van der Waals surface area (Å²) in [5.41, 5.74) is 1.16. The van der Waals surface area contributed by atoms with E-state index in [1.807, 2.05) is 18.2 Å². The molecule has 0 bridgehead atoms. The molecule has 148 valence electrons. The maximum absolute atomic E-state index is 10.5. The van der Waals surface area contributed by atoms with Gasteiger partial charge in [0.05, 0.1) is 18.8 Å². The maximum Gasteiger partial charge on any atom is 0.158 e. The molecule has 1 heterocycles. The summed E-state index contributed by atoms with van der Waals surface area (Å²) in [6.45, 7) is 2.83. The fourth-order valence-corrected chi connectivity index (χ4v) is 3.66. The predicted octanol–water partition coefficient (Wildman–Crippen LogP) is 5.99. The van der Waals surface area contributed by atoms with Gasteiger partial charge in [0.15, 0.2) is 6.29 Å². The lowest BCUT2D eigenvalue weighted by Gasteiger charge is -2.32. The molecule has 3 atom stereocenters. The first-order valence-corrected chi connectivity index (χ1v) is 10.8. The van der Waals surface area contributed by atoms with Crippen molar-refractivity contribution in [3.8, 4) is 0 Å². The monoisotopic (exact) mass is 362 g/mol. The molecule has 0 amide bonds. The summed E-state index contributed by atoms with van der Waals surface area (Å²) >= 11 is 0. The Balaban J connectivity index is 1.56. The van der Waals surface area contributed by atoms with Gasteiger partial charge < -0.3 is 14.6 Å². The van der Waals surface area contributed by atoms with Gasteiger partial charge in [-0.15, -0.1) is 0 Å².